The van der Waals surface area contributed by atoms with Crippen molar-refractivity contribution in [2.24, 2.45) is 4.99 Å². The first-order valence-corrected chi connectivity index (χ1v) is 6.63. The van der Waals surface area contributed by atoms with Crippen LogP contribution >= 0.6 is 23.1 Å². The average Bonchev–Trinajstić information content (AvgIpc) is 2.81. The summed E-state index contributed by atoms with van der Waals surface area (Å²) in [4.78, 5) is 18.5. The average molecular weight is 238 g/mol. The van der Waals surface area contributed by atoms with Crippen molar-refractivity contribution in [1.29, 1.82) is 0 Å². The highest BCUT2D eigenvalue weighted by molar-refractivity contribution is 8.14. The van der Waals surface area contributed by atoms with E-state index in [9.17, 15) is 4.79 Å². The summed E-state index contributed by atoms with van der Waals surface area (Å²) in [6, 6.07) is 4.25. The van der Waals surface area contributed by atoms with Crippen LogP contribution in [-0.2, 0) is 11.2 Å². The van der Waals surface area contributed by atoms with Gasteiger partial charge in [0.15, 0.2) is 5.17 Å². The van der Waals surface area contributed by atoms with Gasteiger partial charge in [0, 0.05) is 16.7 Å². The van der Waals surface area contributed by atoms with E-state index in [1.165, 1.54) is 4.88 Å². The van der Waals surface area contributed by atoms with Gasteiger partial charge in [-0.25, -0.2) is 0 Å². The fourth-order valence-electron chi connectivity index (χ4n) is 1.88. The fraction of sp³-hybridized carbons (Fsp3) is 0.400. The summed E-state index contributed by atoms with van der Waals surface area (Å²) in [6.07, 6.45) is 1.09. The van der Waals surface area contributed by atoms with E-state index < -0.39 is 0 Å². The second kappa shape index (κ2) is 3.64. The Morgan fingerprint density at radius 1 is 1.60 bits per heavy atom. The van der Waals surface area contributed by atoms with Gasteiger partial charge in [-0.2, -0.15) is 4.99 Å². The molecule has 5 heteroatoms. The smallest absolute Gasteiger partial charge is 0.267 e. The van der Waals surface area contributed by atoms with Crippen LogP contribution in [0.25, 0.3) is 0 Å². The maximum atomic E-state index is 11.0. The van der Waals surface area contributed by atoms with Crippen molar-refractivity contribution in [3.63, 3.8) is 0 Å². The number of thiophene rings is 1. The molecule has 2 aliphatic rings. The molecule has 78 valence electrons. The Labute approximate surface area is 96.2 Å². The van der Waals surface area contributed by atoms with Gasteiger partial charge < -0.3 is 4.90 Å². The van der Waals surface area contributed by atoms with Gasteiger partial charge in [-0.3, -0.25) is 4.79 Å². The molecule has 0 N–H and O–H groups in total. The Morgan fingerprint density at radius 2 is 2.53 bits per heavy atom. The summed E-state index contributed by atoms with van der Waals surface area (Å²) in [7, 11) is 0. The Bertz CT molecular complexity index is 413. The third-order valence-corrected chi connectivity index (χ3v) is 4.63. The van der Waals surface area contributed by atoms with E-state index in [0.717, 1.165) is 18.1 Å². The van der Waals surface area contributed by atoms with Crippen LogP contribution in [0.5, 0.6) is 0 Å². The first kappa shape index (κ1) is 9.42. The molecule has 1 saturated heterocycles. The minimum absolute atomic E-state index is 0.00655. The normalized spacial score (nSPS) is 24.5. The monoisotopic (exact) mass is 238 g/mol. The van der Waals surface area contributed by atoms with Gasteiger partial charge in [0.2, 0.25) is 0 Å². The molecular formula is C10H10N2OS2. The van der Waals surface area contributed by atoms with Crippen LogP contribution < -0.4 is 0 Å². The van der Waals surface area contributed by atoms with Crippen LogP contribution in [0.4, 0.5) is 0 Å². The molecule has 2 aliphatic heterocycles. The first-order valence-electron chi connectivity index (χ1n) is 4.87. The second-order valence-electron chi connectivity index (χ2n) is 3.69. The summed E-state index contributed by atoms with van der Waals surface area (Å²) in [5.74, 6) is 0.00655. The van der Waals surface area contributed by atoms with Crippen molar-refractivity contribution < 1.29 is 4.79 Å². The van der Waals surface area contributed by atoms with Gasteiger partial charge in [-0.05, 0) is 17.9 Å². The van der Waals surface area contributed by atoms with Gasteiger partial charge in [0.25, 0.3) is 5.91 Å². The molecule has 0 spiro atoms. The van der Waals surface area contributed by atoms with E-state index in [4.69, 9.17) is 0 Å². The number of nitrogens with zero attached hydrogens (tertiary/aromatic N) is 2. The van der Waals surface area contributed by atoms with E-state index in [1.807, 2.05) is 0 Å². The van der Waals surface area contributed by atoms with Gasteiger partial charge >= 0.3 is 0 Å². The highest BCUT2D eigenvalue weighted by Gasteiger charge is 2.34. The lowest BCUT2D eigenvalue weighted by Crippen LogP contribution is -2.25. The van der Waals surface area contributed by atoms with Crippen molar-refractivity contribution in [3.8, 4) is 0 Å². The number of rotatable bonds is 2. The van der Waals surface area contributed by atoms with Gasteiger partial charge in [0.1, 0.15) is 6.54 Å². The summed E-state index contributed by atoms with van der Waals surface area (Å²) in [5, 5.41) is 3.61. The largest absolute Gasteiger partial charge is 0.341 e. The molecular weight excluding hydrogens is 228 g/mol. The van der Waals surface area contributed by atoms with Crippen LogP contribution in [-0.4, -0.2) is 34.3 Å². The molecule has 1 amide bonds. The third kappa shape index (κ3) is 1.81. The predicted molar refractivity (Wildman–Crippen MR) is 63.4 cm³/mol. The third-order valence-electron chi connectivity index (χ3n) is 2.52. The Kier molecular flexibility index (Phi) is 2.29. The summed E-state index contributed by atoms with van der Waals surface area (Å²) < 4.78 is 0. The highest BCUT2D eigenvalue weighted by atomic mass is 32.2. The SMILES string of the molecule is O=C1CN2CC(Cc3cccs3)SC2=N1. The van der Waals surface area contributed by atoms with E-state index in [-0.39, 0.29) is 5.91 Å². The van der Waals surface area contributed by atoms with Crippen molar-refractivity contribution in [1.82, 2.24) is 4.90 Å². The Hall–Kier alpha value is -0.810. The van der Waals surface area contributed by atoms with Crippen molar-refractivity contribution >= 4 is 34.2 Å². The first-order chi connectivity index (χ1) is 7.31. The number of carbonyl (C=O) groups is 1. The molecule has 1 fully saturated rings. The molecule has 0 radical (unpaired) electrons. The zero-order valence-electron chi connectivity index (χ0n) is 8.05. The number of hydrogen-bond donors (Lipinski definition) is 0. The molecule has 1 aromatic heterocycles. The molecule has 1 aromatic rings. The maximum Gasteiger partial charge on any atom is 0.267 e. The number of hydrogen-bond acceptors (Lipinski definition) is 4. The van der Waals surface area contributed by atoms with Crippen molar-refractivity contribution in [2.45, 2.75) is 11.7 Å². The second-order valence-corrected chi connectivity index (χ2v) is 5.99. The zero-order chi connectivity index (χ0) is 10.3. The van der Waals surface area contributed by atoms with Crippen LogP contribution in [0.1, 0.15) is 4.88 Å². The Balaban J connectivity index is 1.68. The lowest BCUT2D eigenvalue weighted by Gasteiger charge is -2.09. The number of amides is 1. The molecule has 0 saturated carbocycles. The van der Waals surface area contributed by atoms with Gasteiger partial charge in [-0.15, -0.1) is 11.3 Å². The quantitative estimate of drug-likeness (QED) is 0.784. The summed E-state index contributed by atoms with van der Waals surface area (Å²) >= 11 is 3.54. The van der Waals surface area contributed by atoms with Crippen LogP contribution in [0, 0.1) is 0 Å². The minimum Gasteiger partial charge on any atom is -0.341 e. The predicted octanol–water partition coefficient (Wildman–Crippen LogP) is 1.60. The number of amidine groups is 1. The lowest BCUT2D eigenvalue weighted by atomic mass is 10.2. The maximum absolute atomic E-state index is 11.0. The van der Waals surface area contributed by atoms with Crippen molar-refractivity contribution in [3.05, 3.63) is 22.4 Å². The molecule has 0 aliphatic carbocycles. The standard InChI is InChI=1S/C10H10N2OS2/c13-9-6-12-5-8(15-10(12)11-9)4-7-2-1-3-14-7/h1-3,8H,4-6H2. The van der Waals surface area contributed by atoms with Crippen LogP contribution in [0.3, 0.4) is 0 Å². The van der Waals surface area contributed by atoms with E-state index in [1.54, 1.807) is 23.1 Å². The molecule has 1 atom stereocenters. The van der Waals surface area contributed by atoms with Gasteiger partial charge in [0.05, 0.1) is 0 Å². The molecule has 3 nitrogen and oxygen atoms in total. The number of carbonyl (C=O) groups excluding carboxylic acids is 1. The number of fused-ring (bicyclic) bond motifs is 1. The summed E-state index contributed by atoms with van der Waals surface area (Å²) in [5.41, 5.74) is 0. The molecule has 0 aromatic carbocycles. The van der Waals surface area contributed by atoms with Crippen LogP contribution in [0.15, 0.2) is 22.5 Å². The van der Waals surface area contributed by atoms with Gasteiger partial charge in [-0.1, -0.05) is 17.8 Å². The van der Waals surface area contributed by atoms with E-state index in [0.29, 0.717) is 11.8 Å². The highest BCUT2D eigenvalue weighted by Crippen LogP contribution is 2.31. The van der Waals surface area contributed by atoms with Crippen molar-refractivity contribution in [2.75, 3.05) is 13.1 Å². The minimum atomic E-state index is 0.00655. The van der Waals surface area contributed by atoms with Crippen LogP contribution in [0.2, 0.25) is 0 Å². The molecule has 1 unspecified atom stereocenters. The topological polar surface area (TPSA) is 32.7 Å². The van der Waals surface area contributed by atoms with E-state index >= 15 is 0 Å². The molecule has 0 bridgehead atoms. The molecule has 3 rings (SSSR count). The Morgan fingerprint density at radius 3 is 3.27 bits per heavy atom. The lowest BCUT2D eigenvalue weighted by molar-refractivity contribution is -0.117. The molecule has 3 heterocycles. The number of thioether (sulfide) groups is 1. The van der Waals surface area contributed by atoms with E-state index in [2.05, 4.69) is 27.4 Å². The fourth-order valence-corrected chi connectivity index (χ4v) is 4.03. The molecule has 15 heavy (non-hydrogen) atoms. The zero-order valence-corrected chi connectivity index (χ0v) is 9.68. The number of aliphatic imine (C=N–C) groups is 1. The summed E-state index contributed by atoms with van der Waals surface area (Å²) in [6.45, 7) is 1.45.